The number of halogens is 1. The van der Waals surface area contributed by atoms with Gasteiger partial charge < -0.3 is 15.4 Å². The third-order valence-electron chi connectivity index (χ3n) is 3.96. The van der Waals surface area contributed by atoms with Gasteiger partial charge in [-0.25, -0.2) is 4.98 Å². The molecule has 26 heavy (non-hydrogen) atoms. The van der Waals surface area contributed by atoms with Gasteiger partial charge in [-0.05, 0) is 54.8 Å². The first-order chi connectivity index (χ1) is 12.5. The summed E-state index contributed by atoms with van der Waals surface area (Å²) in [5, 5.41) is 7.16. The minimum Gasteiger partial charge on any atom is -0.497 e. The molecule has 0 saturated carbocycles. The predicted octanol–water partition coefficient (Wildman–Crippen LogP) is 5.11. The summed E-state index contributed by atoms with van der Waals surface area (Å²) >= 11 is 6.35. The zero-order chi connectivity index (χ0) is 18.5. The number of ether oxygens (including phenoxy) is 1. The van der Waals surface area contributed by atoms with Crippen molar-refractivity contribution >= 4 is 29.1 Å². The molecular weight excluding hydrogens is 348 g/mol. The highest BCUT2D eigenvalue weighted by atomic mass is 35.5. The average molecular weight is 369 g/mol. The Balaban J connectivity index is 1.70. The van der Waals surface area contributed by atoms with Gasteiger partial charge in [0.25, 0.3) is 0 Å². The molecule has 0 unspecified atom stereocenters. The summed E-state index contributed by atoms with van der Waals surface area (Å²) in [5.41, 5.74) is 4.13. The smallest absolute Gasteiger partial charge is 0.229 e. The van der Waals surface area contributed by atoms with Gasteiger partial charge in [0.05, 0.1) is 17.8 Å². The van der Waals surface area contributed by atoms with Gasteiger partial charge in [-0.2, -0.15) is 4.98 Å². The van der Waals surface area contributed by atoms with Crippen molar-refractivity contribution in [1.29, 1.82) is 0 Å². The van der Waals surface area contributed by atoms with E-state index in [9.17, 15) is 0 Å². The molecule has 134 valence electrons. The van der Waals surface area contributed by atoms with Crippen LogP contribution in [0.5, 0.6) is 5.75 Å². The summed E-state index contributed by atoms with van der Waals surface area (Å²) in [6.45, 7) is 4.68. The maximum Gasteiger partial charge on any atom is 0.229 e. The Morgan fingerprint density at radius 1 is 1.08 bits per heavy atom. The lowest BCUT2D eigenvalue weighted by atomic mass is 10.1. The van der Waals surface area contributed by atoms with Crippen molar-refractivity contribution in [3.8, 4) is 5.75 Å². The Hall–Kier alpha value is -2.79. The van der Waals surface area contributed by atoms with Crippen LogP contribution in [0.25, 0.3) is 0 Å². The lowest BCUT2D eigenvalue weighted by Gasteiger charge is -2.12. The summed E-state index contributed by atoms with van der Waals surface area (Å²) in [5.74, 6) is 2.07. The van der Waals surface area contributed by atoms with Gasteiger partial charge >= 0.3 is 0 Å². The lowest BCUT2D eigenvalue weighted by Crippen LogP contribution is -2.05. The molecule has 5 nitrogen and oxygen atoms in total. The van der Waals surface area contributed by atoms with Crippen molar-refractivity contribution in [3.05, 3.63) is 70.4 Å². The molecule has 2 N–H and O–H groups in total. The number of rotatable bonds is 6. The fourth-order valence-corrected chi connectivity index (χ4v) is 3.01. The number of methoxy groups -OCH3 is 1. The molecule has 1 aromatic heterocycles. The number of aryl methyl sites for hydroxylation is 2. The Morgan fingerprint density at radius 3 is 2.54 bits per heavy atom. The monoisotopic (exact) mass is 368 g/mol. The van der Waals surface area contributed by atoms with Crippen molar-refractivity contribution in [2.75, 3.05) is 17.7 Å². The molecule has 3 rings (SSSR count). The first kappa shape index (κ1) is 18.0. The molecule has 0 saturated heterocycles. The second kappa shape index (κ2) is 8.06. The van der Waals surface area contributed by atoms with E-state index in [0.29, 0.717) is 17.5 Å². The predicted molar refractivity (Wildman–Crippen MR) is 107 cm³/mol. The van der Waals surface area contributed by atoms with Gasteiger partial charge in [-0.1, -0.05) is 29.8 Å². The van der Waals surface area contributed by atoms with Crippen molar-refractivity contribution < 1.29 is 4.74 Å². The molecule has 0 amide bonds. The molecule has 0 atom stereocenters. The maximum atomic E-state index is 6.35. The second-order valence-corrected chi connectivity index (χ2v) is 6.44. The van der Waals surface area contributed by atoms with Crippen LogP contribution >= 0.6 is 11.6 Å². The van der Waals surface area contributed by atoms with E-state index in [2.05, 4.69) is 26.7 Å². The largest absolute Gasteiger partial charge is 0.497 e. The molecule has 0 aliphatic heterocycles. The van der Waals surface area contributed by atoms with Crippen LogP contribution in [0, 0.1) is 13.8 Å². The zero-order valence-corrected chi connectivity index (χ0v) is 15.8. The Labute approximate surface area is 158 Å². The van der Waals surface area contributed by atoms with Crippen molar-refractivity contribution in [1.82, 2.24) is 9.97 Å². The Morgan fingerprint density at radius 2 is 1.85 bits per heavy atom. The average Bonchev–Trinajstić information content (AvgIpc) is 2.64. The van der Waals surface area contributed by atoms with Crippen LogP contribution in [0.3, 0.4) is 0 Å². The minimum atomic E-state index is 0.499. The SMILES string of the molecule is COc1ccc(CNc2ccnc(Nc3c(C)cc(C)cc3Cl)n2)cc1. The van der Waals surface area contributed by atoms with Crippen molar-refractivity contribution in [2.24, 2.45) is 0 Å². The number of nitrogens with one attached hydrogen (secondary N) is 2. The van der Waals surface area contributed by atoms with Crippen LogP contribution in [0.4, 0.5) is 17.5 Å². The Bertz CT molecular complexity index is 874. The van der Waals surface area contributed by atoms with Gasteiger partial charge in [0.1, 0.15) is 11.6 Å². The lowest BCUT2D eigenvalue weighted by molar-refractivity contribution is 0.414. The summed E-state index contributed by atoms with van der Waals surface area (Å²) < 4.78 is 5.17. The molecule has 6 heteroatoms. The van der Waals surface area contributed by atoms with Crippen molar-refractivity contribution in [2.45, 2.75) is 20.4 Å². The highest BCUT2D eigenvalue weighted by Gasteiger charge is 2.08. The molecule has 0 spiro atoms. The number of hydrogen-bond acceptors (Lipinski definition) is 5. The highest BCUT2D eigenvalue weighted by Crippen LogP contribution is 2.29. The van der Waals surface area contributed by atoms with Gasteiger partial charge in [-0.15, -0.1) is 0 Å². The van der Waals surface area contributed by atoms with Gasteiger partial charge in [0.15, 0.2) is 0 Å². The van der Waals surface area contributed by atoms with E-state index in [1.807, 2.05) is 50.2 Å². The standard InChI is InChI=1S/C20H21ClN4O/c1-13-10-14(2)19(17(21)11-13)25-20-22-9-8-18(24-20)23-12-15-4-6-16(26-3)7-5-15/h4-11H,12H2,1-3H3,(H2,22,23,24,25). The fraction of sp³-hybridized carbons (Fsp3) is 0.200. The number of nitrogens with zero attached hydrogens (tertiary/aromatic N) is 2. The van der Waals surface area contributed by atoms with E-state index >= 15 is 0 Å². The van der Waals surface area contributed by atoms with E-state index in [4.69, 9.17) is 16.3 Å². The summed E-state index contributed by atoms with van der Waals surface area (Å²) in [4.78, 5) is 8.78. The van der Waals surface area contributed by atoms with E-state index in [1.165, 1.54) is 0 Å². The second-order valence-electron chi connectivity index (χ2n) is 6.03. The topological polar surface area (TPSA) is 59.1 Å². The van der Waals surface area contributed by atoms with Crippen LogP contribution in [0.2, 0.25) is 5.02 Å². The molecule has 3 aromatic rings. The van der Waals surface area contributed by atoms with Crippen LogP contribution < -0.4 is 15.4 Å². The normalized spacial score (nSPS) is 10.5. The van der Waals surface area contributed by atoms with Crippen LogP contribution in [-0.2, 0) is 6.54 Å². The first-order valence-corrected chi connectivity index (χ1v) is 8.66. The molecular formula is C20H21ClN4O. The molecule has 0 bridgehead atoms. The van der Waals surface area contributed by atoms with Gasteiger partial charge in [0, 0.05) is 12.7 Å². The van der Waals surface area contributed by atoms with Gasteiger partial charge in [0.2, 0.25) is 5.95 Å². The van der Waals surface area contributed by atoms with Crippen LogP contribution in [-0.4, -0.2) is 17.1 Å². The van der Waals surface area contributed by atoms with Crippen molar-refractivity contribution in [3.63, 3.8) is 0 Å². The van der Waals surface area contributed by atoms with E-state index in [1.54, 1.807) is 13.3 Å². The summed E-state index contributed by atoms with van der Waals surface area (Å²) in [6.07, 6.45) is 1.71. The summed E-state index contributed by atoms with van der Waals surface area (Å²) in [7, 11) is 1.66. The van der Waals surface area contributed by atoms with E-state index in [-0.39, 0.29) is 0 Å². The number of benzene rings is 2. The third-order valence-corrected chi connectivity index (χ3v) is 4.25. The molecule has 0 aliphatic carbocycles. The van der Waals surface area contributed by atoms with E-state index < -0.39 is 0 Å². The Kier molecular flexibility index (Phi) is 5.58. The number of aromatic nitrogens is 2. The number of hydrogen-bond donors (Lipinski definition) is 2. The number of anilines is 3. The zero-order valence-electron chi connectivity index (χ0n) is 15.0. The highest BCUT2D eigenvalue weighted by molar-refractivity contribution is 6.33. The van der Waals surface area contributed by atoms with Gasteiger partial charge in [-0.3, -0.25) is 0 Å². The minimum absolute atomic E-state index is 0.499. The maximum absolute atomic E-state index is 6.35. The van der Waals surface area contributed by atoms with Crippen LogP contribution in [0.1, 0.15) is 16.7 Å². The molecule has 0 aliphatic rings. The third kappa shape index (κ3) is 4.43. The summed E-state index contributed by atoms with van der Waals surface area (Å²) in [6, 6.07) is 13.7. The first-order valence-electron chi connectivity index (χ1n) is 8.29. The molecule has 0 radical (unpaired) electrons. The molecule has 1 heterocycles. The fourth-order valence-electron chi connectivity index (χ4n) is 2.64. The quantitative estimate of drug-likeness (QED) is 0.633. The van der Waals surface area contributed by atoms with E-state index in [0.717, 1.165) is 33.9 Å². The molecule has 0 fully saturated rings. The molecule has 2 aromatic carbocycles. The van der Waals surface area contributed by atoms with Crippen LogP contribution in [0.15, 0.2) is 48.7 Å².